The van der Waals surface area contributed by atoms with Crippen LogP contribution in [0.25, 0.3) is 11.5 Å². The normalized spacial score (nSPS) is 11.9. The number of nitrogens with zero attached hydrogens (tertiary/aromatic N) is 3. The minimum Gasteiger partial charge on any atom is -0.492 e. The third-order valence-corrected chi connectivity index (χ3v) is 5.01. The average Bonchev–Trinajstić information content (AvgIpc) is 3.29. The lowest BCUT2D eigenvalue weighted by Gasteiger charge is -2.12. The first-order chi connectivity index (χ1) is 15.7. The van der Waals surface area contributed by atoms with Crippen LogP contribution in [0.3, 0.4) is 0 Å². The second kappa shape index (κ2) is 10.9. The van der Waals surface area contributed by atoms with E-state index in [1.165, 1.54) is 0 Å². The second-order valence-corrected chi connectivity index (χ2v) is 7.56. The quantitative estimate of drug-likeness (QED) is 0.278. The molecule has 0 fully saturated rings. The Labute approximate surface area is 191 Å². The van der Waals surface area contributed by atoms with Gasteiger partial charge in [-0.1, -0.05) is 48.0 Å². The first-order valence-corrected chi connectivity index (χ1v) is 10.6. The highest BCUT2D eigenvalue weighted by atomic mass is 35.5. The third-order valence-electron chi connectivity index (χ3n) is 4.79. The predicted molar refractivity (Wildman–Crippen MR) is 122 cm³/mol. The van der Waals surface area contributed by atoms with Gasteiger partial charge in [-0.15, -0.1) is 10.2 Å². The maximum Gasteiger partial charge on any atom is 0.247 e. The zero-order chi connectivity index (χ0) is 22.2. The van der Waals surface area contributed by atoms with Crippen LogP contribution in [0.2, 0.25) is 5.15 Å². The molecule has 32 heavy (non-hydrogen) atoms. The van der Waals surface area contributed by atoms with Crippen LogP contribution in [0.5, 0.6) is 5.75 Å². The molecule has 0 bridgehead atoms. The third kappa shape index (κ3) is 6.13. The monoisotopic (exact) mass is 450 g/mol. The van der Waals surface area contributed by atoms with Crippen molar-refractivity contribution < 1.29 is 14.3 Å². The number of nitrogens with one attached hydrogen (secondary N) is 1. The summed E-state index contributed by atoms with van der Waals surface area (Å²) >= 11 is 5.76. The fourth-order valence-corrected chi connectivity index (χ4v) is 3.19. The molecule has 7 nitrogen and oxygen atoms in total. The van der Waals surface area contributed by atoms with Crippen LogP contribution in [0, 0.1) is 0 Å². The minimum absolute atomic E-state index is 0.404. The molecule has 1 atom stereocenters. The van der Waals surface area contributed by atoms with Gasteiger partial charge in [0, 0.05) is 30.4 Å². The van der Waals surface area contributed by atoms with Crippen molar-refractivity contribution in [2.75, 3.05) is 19.7 Å². The highest BCUT2D eigenvalue weighted by molar-refractivity contribution is 6.29. The smallest absolute Gasteiger partial charge is 0.247 e. The number of hydrogen-bond donors (Lipinski definition) is 2. The topological polar surface area (TPSA) is 93.3 Å². The van der Waals surface area contributed by atoms with Crippen LogP contribution in [0.4, 0.5) is 0 Å². The second-order valence-electron chi connectivity index (χ2n) is 7.17. The summed E-state index contributed by atoms with van der Waals surface area (Å²) in [5.74, 6) is 1.86. The molecule has 0 saturated carbocycles. The van der Waals surface area contributed by atoms with Crippen molar-refractivity contribution in [1.82, 2.24) is 20.5 Å². The van der Waals surface area contributed by atoms with E-state index >= 15 is 0 Å². The summed E-state index contributed by atoms with van der Waals surface area (Å²) in [6.07, 6.45) is 1.48. The van der Waals surface area contributed by atoms with Gasteiger partial charge in [-0.2, -0.15) is 0 Å². The summed E-state index contributed by atoms with van der Waals surface area (Å²) < 4.78 is 11.5. The Morgan fingerprint density at radius 2 is 1.81 bits per heavy atom. The van der Waals surface area contributed by atoms with Crippen molar-refractivity contribution in [1.29, 1.82) is 0 Å². The number of halogens is 1. The van der Waals surface area contributed by atoms with Crippen molar-refractivity contribution >= 4 is 11.6 Å². The molecule has 0 spiro atoms. The fourth-order valence-electron chi connectivity index (χ4n) is 3.08. The van der Waals surface area contributed by atoms with E-state index in [1.54, 1.807) is 18.3 Å². The van der Waals surface area contributed by atoms with E-state index < -0.39 is 6.10 Å². The molecule has 8 heteroatoms. The predicted octanol–water partition coefficient (Wildman–Crippen LogP) is 4.08. The Balaban J connectivity index is 1.19. The van der Waals surface area contributed by atoms with Gasteiger partial charge >= 0.3 is 0 Å². The van der Waals surface area contributed by atoms with Gasteiger partial charge in [0.15, 0.2) is 0 Å². The van der Waals surface area contributed by atoms with Crippen molar-refractivity contribution in [2.24, 2.45) is 0 Å². The number of aliphatic hydroxyl groups excluding tert-OH is 1. The zero-order valence-corrected chi connectivity index (χ0v) is 18.1. The molecular weight excluding hydrogens is 428 g/mol. The van der Waals surface area contributed by atoms with Crippen LogP contribution in [0.1, 0.15) is 23.1 Å². The Morgan fingerprint density at radius 3 is 2.56 bits per heavy atom. The highest BCUT2D eigenvalue weighted by Gasteiger charge is 2.09. The van der Waals surface area contributed by atoms with Crippen LogP contribution < -0.4 is 10.1 Å². The van der Waals surface area contributed by atoms with Gasteiger partial charge in [0.2, 0.25) is 11.8 Å². The van der Waals surface area contributed by atoms with Crippen molar-refractivity contribution in [3.63, 3.8) is 0 Å². The minimum atomic E-state index is -0.647. The van der Waals surface area contributed by atoms with Crippen LogP contribution in [-0.4, -0.2) is 40.0 Å². The molecule has 0 amide bonds. The molecule has 0 aliphatic heterocycles. The molecule has 2 heterocycles. The molecule has 0 radical (unpaired) electrons. The van der Waals surface area contributed by atoms with Crippen LogP contribution >= 0.6 is 11.6 Å². The standard InChI is InChI=1S/C24H23ClN4O3/c25-22-11-8-19(15-27-22)21(30)16-26-12-13-31-20-9-6-17(7-10-20)14-23-28-29-24(32-23)18-4-2-1-3-5-18/h1-11,15,21,26,30H,12-14,16H2/t21-/m0/s1. The molecule has 0 aliphatic carbocycles. The number of pyridine rings is 1. The summed E-state index contributed by atoms with van der Waals surface area (Å²) in [4.78, 5) is 3.97. The summed E-state index contributed by atoms with van der Waals surface area (Å²) in [6.45, 7) is 1.49. The van der Waals surface area contributed by atoms with Crippen molar-refractivity contribution in [3.8, 4) is 17.2 Å². The molecule has 0 aliphatic rings. The Hall–Kier alpha value is -3.26. The van der Waals surface area contributed by atoms with Gasteiger partial charge in [0.05, 0.1) is 12.5 Å². The number of rotatable bonds is 10. The van der Waals surface area contributed by atoms with E-state index in [4.69, 9.17) is 20.8 Å². The summed E-state index contributed by atoms with van der Waals surface area (Å²) in [7, 11) is 0. The molecule has 4 rings (SSSR count). The Morgan fingerprint density at radius 1 is 1.00 bits per heavy atom. The number of aliphatic hydroxyl groups is 1. The SMILES string of the molecule is O[C@@H](CNCCOc1ccc(Cc2nnc(-c3ccccc3)o2)cc1)c1ccc(Cl)nc1. The summed E-state index contributed by atoms with van der Waals surface area (Å²) in [5, 5.41) is 22.0. The van der Waals surface area contributed by atoms with Gasteiger partial charge in [0.1, 0.15) is 17.5 Å². The van der Waals surface area contributed by atoms with Gasteiger partial charge < -0.3 is 19.6 Å². The lowest BCUT2D eigenvalue weighted by molar-refractivity contribution is 0.171. The maximum atomic E-state index is 10.1. The van der Waals surface area contributed by atoms with E-state index in [0.29, 0.717) is 43.1 Å². The summed E-state index contributed by atoms with van der Waals surface area (Å²) in [6, 6.07) is 20.9. The maximum absolute atomic E-state index is 10.1. The van der Waals surface area contributed by atoms with Gasteiger partial charge in [0.25, 0.3) is 0 Å². The number of hydrogen-bond acceptors (Lipinski definition) is 7. The Kier molecular flexibility index (Phi) is 7.45. The average molecular weight is 451 g/mol. The molecule has 2 aromatic carbocycles. The van der Waals surface area contributed by atoms with Crippen LogP contribution in [0.15, 0.2) is 77.3 Å². The van der Waals surface area contributed by atoms with Crippen LogP contribution in [-0.2, 0) is 6.42 Å². The van der Waals surface area contributed by atoms with Crippen molar-refractivity contribution in [3.05, 3.63) is 95.1 Å². The molecule has 0 saturated heterocycles. The first-order valence-electron chi connectivity index (χ1n) is 10.3. The van der Waals surface area contributed by atoms with E-state index in [1.807, 2.05) is 54.6 Å². The van der Waals surface area contributed by atoms with Crippen molar-refractivity contribution in [2.45, 2.75) is 12.5 Å². The van der Waals surface area contributed by atoms with Gasteiger partial charge in [-0.25, -0.2) is 4.98 Å². The first kappa shape index (κ1) is 22.0. The van der Waals surface area contributed by atoms with E-state index in [-0.39, 0.29) is 0 Å². The number of ether oxygens (including phenoxy) is 1. The Bertz CT molecular complexity index is 1100. The molecule has 164 valence electrons. The largest absolute Gasteiger partial charge is 0.492 e. The molecule has 2 N–H and O–H groups in total. The van der Waals surface area contributed by atoms with E-state index in [0.717, 1.165) is 22.4 Å². The van der Waals surface area contributed by atoms with Gasteiger partial charge in [-0.3, -0.25) is 0 Å². The van der Waals surface area contributed by atoms with Gasteiger partial charge in [-0.05, 0) is 35.9 Å². The number of benzene rings is 2. The summed E-state index contributed by atoms with van der Waals surface area (Å²) in [5.41, 5.74) is 2.68. The molecular formula is C24H23ClN4O3. The fraction of sp³-hybridized carbons (Fsp3) is 0.208. The number of aromatic nitrogens is 3. The lowest BCUT2D eigenvalue weighted by atomic mass is 10.1. The van der Waals surface area contributed by atoms with E-state index in [2.05, 4.69) is 20.5 Å². The zero-order valence-electron chi connectivity index (χ0n) is 17.3. The molecule has 0 unspecified atom stereocenters. The molecule has 2 aromatic heterocycles. The lowest BCUT2D eigenvalue weighted by Crippen LogP contribution is -2.26. The molecule has 4 aromatic rings. The highest BCUT2D eigenvalue weighted by Crippen LogP contribution is 2.20. The van der Waals surface area contributed by atoms with E-state index in [9.17, 15) is 5.11 Å².